The molecule has 0 atom stereocenters. The van der Waals surface area contributed by atoms with Gasteiger partial charge in [-0.2, -0.15) is 18.4 Å². The standard InChI is InChI=1S/C27H33F3N4O3/c1-19-23(9-7-5-3-4-6-8-12-32-13-15-33(16-14-32)20(2)35)26(37)34(25(19)36)22-11-10-21(18-31)24(17-22)27(28,29)30/h10-11,17H,3-9,12-16H2,1-2H3. The zero-order valence-corrected chi connectivity index (χ0v) is 21.4. The topological polar surface area (TPSA) is 84.7 Å². The van der Waals surface area contributed by atoms with Gasteiger partial charge in [-0.05, 0) is 50.9 Å². The number of carbonyl (C=O) groups is 3. The van der Waals surface area contributed by atoms with Crippen molar-refractivity contribution in [2.45, 2.75) is 65.0 Å². The van der Waals surface area contributed by atoms with E-state index in [4.69, 9.17) is 5.26 Å². The molecule has 2 aliphatic heterocycles. The number of hydrogen-bond donors (Lipinski definition) is 0. The Morgan fingerprint density at radius 1 is 0.973 bits per heavy atom. The fourth-order valence-corrected chi connectivity index (χ4v) is 4.85. The Morgan fingerprint density at radius 2 is 1.59 bits per heavy atom. The van der Waals surface area contributed by atoms with E-state index in [1.54, 1.807) is 6.92 Å². The summed E-state index contributed by atoms with van der Waals surface area (Å²) in [5.74, 6) is -1.08. The fraction of sp³-hybridized carbons (Fsp3) is 0.556. The van der Waals surface area contributed by atoms with Gasteiger partial charge in [0.1, 0.15) is 0 Å². The largest absolute Gasteiger partial charge is 0.417 e. The molecule has 3 amide bonds. The molecular formula is C27H33F3N4O3. The lowest BCUT2D eigenvalue weighted by atomic mass is 10.0. The van der Waals surface area contributed by atoms with Crippen molar-refractivity contribution in [1.82, 2.24) is 9.80 Å². The number of alkyl halides is 3. The molecule has 0 radical (unpaired) electrons. The zero-order chi connectivity index (χ0) is 27.2. The minimum atomic E-state index is -4.78. The van der Waals surface area contributed by atoms with Crippen LogP contribution in [0.3, 0.4) is 0 Å². The van der Waals surface area contributed by atoms with Gasteiger partial charge in [0.05, 0.1) is 22.9 Å². The molecular weight excluding hydrogens is 485 g/mol. The van der Waals surface area contributed by atoms with E-state index in [1.807, 2.05) is 4.90 Å². The van der Waals surface area contributed by atoms with E-state index < -0.39 is 29.1 Å². The van der Waals surface area contributed by atoms with Gasteiger partial charge in [-0.1, -0.05) is 25.7 Å². The average Bonchev–Trinajstić information content (AvgIpc) is 3.07. The molecule has 1 fully saturated rings. The van der Waals surface area contributed by atoms with Crippen LogP contribution in [-0.4, -0.2) is 60.2 Å². The predicted octanol–water partition coefficient (Wildman–Crippen LogP) is 4.66. The SMILES string of the molecule is CC(=O)N1CCN(CCCCCCCCC2=C(C)C(=O)N(c3ccc(C#N)c(C(F)(F)F)c3)C2=O)CC1. The second-order valence-electron chi connectivity index (χ2n) is 9.61. The predicted molar refractivity (Wildman–Crippen MR) is 132 cm³/mol. The molecule has 3 rings (SSSR count). The Bertz CT molecular complexity index is 1100. The van der Waals surface area contributed by atoms with Crippen molar-refractivity contribution >= 4 is 23.4 Å². The first-order chi connectivity index (χ1) is 17.5. The number of nitriles is 1. The summed E-state index contributed by atoms with van der Waals surface area (Å²) in [7, 11) is 0. The van der Waals surface area contributed by atoms with E-state index in [0.29, 0.717) is 24.5 Å². The van der Waals surface area contributed by atoms with Gasteiger partial charge in [0, 0.05) is 44.2 Å². The summed E-state index contributed by atoms with van der Waals surface area (Å²) in [5, 5.41) is 8.98. The van der Waals surface area contributed by atoms with Crippen molar-refractivity contribution in [2.24, 2.45) is 0 Å². The van der Waals surface area contributed by atoms with Crippen molar-refractivity contribution in [1.29, 1.82) is 5.26 Å². The molecule has 7 nitrogen and oxygen atoms in total. The normalized spacial score (nSPS) is 17.1. The number of rotatable bonds is 10. The first-order valence-corrected chi connectivity index (χ1v) is 12.7. The van der Waals surface area contributed by atoms with E-state index in [1.165, 1.54) is 19.1 Å². The molecule has 0 N–H and O–H groups in total. The number of carbonyl (C=O) groups excluding carboxylic acids is 3. The third-order valence-electron chi connectivity index (χ3n) is 7.09. The summed E-state index contributed by atoms with van der Waals surface area (Å²) in [5.41, 5.74) is -1.31. The van der Waals surface area contributed by atoms with Crippen LogP contribution in [0.15, 0.2) is 29.3 Å². The molecule has 37 heavy (non-hydrogen) atoms. The zero-order valence-electron chi connectivity index (χ0n) is 21.4. The number of amides is 3. The van der Waals surface area contributed by atoms with Gasteiger partial charge in [-0.15, -0.1) is 0 Å². The first-order valence-electron chi connectivity index (χ1n) is 12.7. The third kappa shape index (κ3) is 6.98. The summed E-state index contributed by atoms with van der Waals surface area (Å²) >= 11 is 0. The molecule has 2 aliphatic rings. The minimum absolute atomic E-state index is 0.131. The fourth-order valence-electron chi connectivity index (χ4n) is 4.85. The molecule has 1 aromatic carbocycles. The van der Waals surface area contributed by atoms with Gasteiger partial charge in [-0.3, -0.25) is 19.3 Å². The van der Waals surface area contributed by atoms with Gasteiger partial charge in [-0.25, -0.2) is 4.90 Å². The van der Waals surface area contributed by atoms with E-state index in [0.717, 1.165) is 75.8 Å². The number of hydrogen-bond acceptors (Lipinski definition) is 5. The first kappa shape index (κ1) is 28.4. The Labute approximate surface area is 215 Å². The van der Waals surface area contributed by atoms with Crippen LogP contribution >= 0.6 is 0 Å². The lowest BCUT2D eigenvalue weighted by Gasteiger charge is -2.34. The molecule has 1 saturated heterocycles. The molecule has 0 unspecified atom stereocenters. The summed E-state index contributed by atoms with van der Waals surface area (Å²) < 4.78 is 40.0. The summed E-state index contributed by atoms with van der Waals surface area (Å²) in [6.45, 7) is 7.56. The summed E-state index contributed by atoms with van der Waals surface area (Å²) in [6.07, 6.45) is 1.49. The molecule has 2 heterocycles. The average molecular weight is 519 g/mol. The van der Waals surface area contributed by atoms with Crippen LogP contribution in [0.4, 0.5) is 18.9 Å². The van der Waals surface area contributed by atoms with Crippen molar-refractivity contribution in [2.75, 3.05) is 37.6 Å². The molecule has 0 aliphatic carbocycles. The Morgan fingerprint density at radius 3 is 2.19 bits per heavy atom. The maximum atomic E-state index is 13.3. The monoisotopic (exact) mass is 518 g/mol. The van der Waals surface area contributed by atoms with Gasteiger partial charge in [0.15, 0.2) is 0 Å². The van der Waals surface area contributed by atoms with Crippen molar-refractivity contribution < 1.29 is 27.6 Å². The van der Waals surface area contributed by atoms with Crippen LogP contribution in [-0.2, 0) is 20.6 Å². The lowest BCUT2D eigenvalue weighted by molar-refractivity contribution is -0.138. The third-order valence-corrected chi connectivity index (χ3v) is 7.09. The number of anilines is 1. The van der Waals surface area contributed by atoms with E-state index >= 15 is 0 Å². The maximum absolute atomic E-state index is 13.3. The highest BCUT2D eigenvalue weighted by Gasteiger charge is 2.39. The van der Waals surface area contributed by atoms with E-state index in [9.17, 15) is 27.6 Å². The van der Waals surface area contributed by atoms with Crippen LogP contribution in [0, 0.1) is 11.3 Å². The number of piperazine rings is 1. The molecule has 1 aromatic rings. The number of unbranched alkanes of at least 4 members (excludes halogenated alkanes) is 5. The molecule has 200 valence electrons. The van der Waals surface area contributed by atoms with Gasteiger partial charge in [0.25, 0.3) is 11.8 Å². The van der Waals surface area contributed by atoms with Crippen LogP contribution in [0.1, 0.15) is 69.9 Å². The van der Waals surface area contributed by atoms with Gasteiger partial charge >= 0.3 is 6.18 Å². The Balaban J connectivity index is 1.42. The number of nitrogens with zero attached hydrogens (tertiary/aromatic N) is 4. The van der Waals surface area contributed by atoms with Crippen molar-refractivity contribution in [3.05, 3.63) is 40.5 Å². The second-order valence-corrected chi connectivity index (χ2v) is 9.61. The molecule has 10 heteroatoms. The highest BCUT2D eigenvalue weighted by molar-refractivity contribution is 6.32. The van der Waals surface area contributed by atoms with Crippen LogP contribution in [0.2, 0.25) is 0 Å². The molecule has 0 bridgehead atoms. The van der Waals surface area contributed by atoms with E-state index in [-0.39, 0.29) is 17.2 Å². The van der Waals surface area contributed by atoms with Crippen LogP contribution < -0.4 is 4.90 Å². The molecule has 0 saturated carbocycles. The Kier molecular flexibility index (Phi) is 9.49. The lowest BCUT2D eigenvalue weighted by Crippen LogP contribution is -2.48. The number of benzene rings is 1. The minimum Gasteiger partial charge on any atom is -0.340 e. The molecule has 0 aromatic heterocycles. The molecule has 0 spiro atoms. The smallest absolute Gasteiger partial charge is 0.340 e. The number of halogens is 3. The number of imide groups is 1. The van der Waals surface area contributed by atoms with Gasteiger partial charge in [0.2, 0.25) is 5.91 Å². The van der Waals surface area contributed by atoms with E-state index in [2.05, 4.69) is 4.90 Å². The van der Waals surface area contributed by atoms with Crippen molar-refractivity contribution in [3.8, 4) is 6.07 Å². The van der Waals surface area contributed by atoms with Gasteiger partial charge < -0.3 is 4.90 Å². The van der Waals surface area contributed by atoms with Crippen molar-refractivity contribution in [3.63, 3.8) is 0 Å². The highest BCUT2D eigenvalue weighted by Crippen LogP contribution is 2.37. The highest BCUT2D eigenvalue weighted by atomic mass is 19.4. The summed E-state index contributed by atoms with van der Waals surface area (Å²) in [6, 6.07) is 4.37. The van der Waals surface area contributed by atoms with Crippen LogP contribution in [0.25, 0.3) is 0 Å². The van der Waals surface area contributed by atoms with Crippen LogP contribution in [0.5, 0.6) is 0 Å². The second kappa shape index (κ2) is 12.4. The Hall–Kier alpha value is -3.19. The quantitative estimate of drug-likeness (QED) is 0.332. The maximum Gasteiger partial charge on any atom is 0.417 e. The summed E-state index contributed by atoms with van der Waals surface area (Å²) in [4.78, 5) is 42.1.